The lowest BCUT2D eigenvalue weighted by Crippen LogP contribution is -2.36. The Morgan fingerprint density at radius 2 is 1.96 bits per heavy atom. The zero-order chi connectivity index (χ0) is 16.9. The van der Waals surface area contributed by atoms with Crippen molar-refractivity contribution in [2.24, 2.45) is 0 Å². The maximum atomic E-state index is 12.0. The van der Waals surface area contributed by atoms with Crippen molar-refractivity contribution in [3.63, 3.8) is 0 Å². The van der Waals surface area contributed by atoms with Crippen LogP contribution in [-0.2, 0) is 20.7 Å². The van der Waals surface area contributed by atoms with Crippen LogP contribution in [0.15, 0.2) is 42.6 Å². The van der Waals surface area contributed by atoms with Gasteiger partial charge in [-0.25, -0.2) is 9.48 Å². The Hall–Kier alpha value is -2.67. The molecule has 1 aromatic heterocycles. The third-order valence-corrected chi connectivity index (χ3v) is 3.93. The van der Waals surface area contributed by atoms with Gasteiger partial charge in [-0.15, -0.1) is 0 Å². The highest BCUT2D eigenvalue weighted by atomic mass is 16.5. The van der Waals surface area contributed by atoms with E-state index in [1.165, 1.54) is 0 Å². The largest absolute Gasteiger partial charge is 0.479 e. The van der Waals surface area contributed by atoms with E-state index >= 15 is 0 Å². The van der Waals surface area contributed by atoms with Crippen LogP contribution in [0, 0.1) is 0 Å². The number of rotatable bonds is 6. The number of benzene rings is 1. The molecule has 0 saturated carbocycles. The number of aliphatic carboxylic acids is 1. The Bertz CT molecular complexity index is 714. The fraction of sp³-hybridized carbons (Fsp3) is 0.353. The van der Waals surface area contributed by atoms with Crippen molar-refractivity contribution in [2.45, 2.75) is 31.5 Å². The Kier molecular flexibility index (Phi) is 4.90. The van der Waals surface area contributed by atoms with Gasteiger partial charge in [-0.05, 0) is 31.0 Å². The van der Waals surface area contributed by atoms with E-state index < -0.39 is 18.2 Å². The number of aromatic nitrogens is 2. The summed E-state index contributed by atoms with van der Waals surface area (Å²) in [4.78, 5) is 22.8. The average Bonchev–Trinajstić information content (AvgIpc) is 3.25. The minimum absolute atomic E-state index is 0.263. The zero-order valence-electron chi connectivity index (χ0n) is 13.1. The molecule has 24 heavy (non-hydrogen) atoms. The molecular weight excluding hydrogens is 310 g/mol. The molecule has 2 atom stereocenters. The summed E-state index contributed by atoms with van der Waals surface area (Å²) in [6.45, 7) is 0.433. The fourth-order valence-electron chi connectivity index (χ4n) is 2.66. The molecule has 1 fully saturated rings. The fourth-order valence-corrected chi connectivity index (χ4v) is 2.66. The van der Waals surface area contributed by atoms with Crippen LogP contribution in [-0.4, -0.2) is 45.5 Å². The molecule has 0 aliphatic carbocycles. The van der Waals surface area contributed by atoms with Crippen molar-refractivity contribution in [1.29, 1.82) is 0 Å². The summed E-state index contributed by atoms with van der Waals surface area (Å²) in [5.41, 5.74) is 1.85. The molecule has 7 heteroatoms. The van der Waals surface area contributed by atoms with E-state index in [2.05, 4.69) is 10.4 Å². The van der Waals surface area contributed by atoms with Crippen molar-refractivity contribution >= 4 is 11.9 Å². The highest BCUT2D eigenvalue weighted by Gasteiger charge is 2.34. The van der Waals surface area contributed by atoms with Gasteiger partial charge >= 0.3 is 5.97 Å². The third-order valence-electron chi connectivity index (χ3n) is 3.93. The van der Waals surface area contributed by atoms with Gasteiger partial charge in [0, 0.05) is 19.2 Å². The second-order valence-electron chi connectivity index (χ2n) is 5.66. The maximum Gasteiger partial charge on any atom is 0.332 e. The number of nitrogens with zero attached hydrogens (tertiary/aromatic N) is 2. The number of hydrogen-bond acceptors (Lipinski definition) is 4. The van der Waals surface area contributed by atoms with Gasteiger partial charge < -0.3 is 15.2 Å². The van der Waals surface area contributed by atoms with Gasteiger partial charge in [0.15, 0.2) is 6.10 Å². The van der Waals surface area contributed by atoms with E-state index in [4.69, 9.17) is 9.84 Å². The summed E-state index contributed by atoms with van der Waals surface area (Å²) in [5, 5.41) is 16.1. The Morgan fingerprint density at radius 3 is 2.67 bits per heavy atom. The first kappa shape index (κ1) is 16.2. The van der Waals surface area contributed by atoms with Crippen LogP contribution >= 0.6 is 0 Å². The van der Waals surface area contributed by atoms with Gasteiger partial charge in [-0.3, -0.25) is 4.79 Å². The van der Waals surface area contributed by atoms with Gasteiger partial charge in [-0.2, -0.15) is 5.10 Å². The van der Waals surface area contributed by atoms with Crippen molar-refractivity contribution in [3.05, 3.63) is 48.3 Å². The molecule has 7 nitrogen and oxygen atoms in total. The first-order valence-corrected chi connectivity index (χ1v) is 7.89. The molecular formula is C17H19N3O4. The summed E-state index contributed by atoms with van der Waals surface area (Å²) in [6, 6.07) is 11.7. The molecule has 0 bridgehead atoms. The first-order valence-electron chi connectivity index (χ1n) is 7.89. The van der Waals surface area contributed by atoms with Crippen molar-refractivity contribution in [2.75, 3.05) is 6.54 Å². The topological polar surface area (TPSA) is 93.5 Å². The molecule has 2 N–H and O–H groups in total. The molecule has 1 aliphatic heterocycles. The van der Waals surface area contributed by atoms with Crippen LogP contribution in [0.5, 0.6) is 0 Å². The lowest BCUT2D eigenvalue weighted by Gasteiger charge is -2.11. The maximum absolute atomic E-state index is 12.0. The Labute approximate surface area is 139 Å². The summed E-state index contributed by atoms with van der Waals surface area (Å²) in [7, 11) is 0. The van der Waals surface area contributed by atoms with E-state index in [1.54, 1.807) is 4.68 Å². The predicted molar refractivity (Wildman–Crippen MR) is 85.8 cm³/mol. The smallest absolute Gasteiger partial charge is 0.332 e. The Morgan fingerprint density at radius 1 is 1.21 bits per heavy atom. The standard InChI is InChI=1S/C17H19N3O4/c21-16(14-6-7-15(24-14)17(22)23)18-10-8-12-9-11-20(19-12)13-4-2-1-3-5-13/h1-5,9,11,14-15H,6-8,10H2,(H,18,21)(H,22,23)/t14-,15+/m0/s1. The first-order chi connectivity index (χ1) is 11.6. The minimum atomic E-state index is -1.02. The van der Waals surface area contributed by atoms with E-state index in [1.807, 2.05) is 42.6 Å². The number of ether oxygens (including phenoxy) is 1. The van der Waals surface area contributed by atoms with E-state index in [0.717, 1.165) is 11.4 Å². The number of carboxylic acid groups (broad SMARTS) is 1. The van der Waals surface area contributed by atoms with Gasteiger partial charge in [0.05, 0.1) is 11.4 Å². The quantitative estimate of drug-likeness (QED) is 0.829. The highest BCUT2D eigenvalue weighted by molar-refractivity contribution is 5.82. The number of carbonyl (C=O) groups excluding carboxylic acids is 1. The molecule has 1 saturated heterocycles. The molecule has 0 radical (unpaired) electrons. The summed E-state index contributed by atoms with van der Waals surface area (Å²) >= 11 is 0. The molecule has 1 aliphatic rings. The normalized spacial score (nSPS) is 20.0. The second-order valence-corrected chi connectivity index (χ2v) is 5.66. The lowest BCUT2D eigenvalue weighted by molar-refractivity contribution is -0.151. The summed E-state index contributed by atoms with van der Waals surface area (Å²) in [5.74, 6) is -1.28. The number of para-hydroxylation sites is 1. The van der Waals surface area contributed by atoms with E-state index in [0.29, 0.717) is 25.8 Å². The number of amides is 1. The van der Waals surface area contributed by atoms with Crippen LogP contribution in [0.3, 0.4) is 0 Å². The SMILES string of the molecule is O=C(NCCc1ccn(-c2ccccc2)n1)[C@@H]1CC[C@H](C(=O)O)O1. The molecule has 1 amide bonds. The van der Waals surface area contributed by atoms with Crippen LogP contribution in [0.2, 0.25) is 0 Å². The molecule has 3 rings (SSSR count). The predicted octanol–water partition coefficient (Wildman–Crippen LogP) is 1.16. The lowest BCUT2D eigenvalue weighted by atomic mass is 10.2. The van der Waals surface area contributed by atoms with Crippen LogP contribution in [0.4, 0.5) is 0 Å². The van der Waals surface area contributed by atoms with Crippen molar-refractivity contribution < 1.29 is 19.4 Å². The van der Waals surface area contributed by atoms with Gasteiger partial charge in [-0.1, -0.05) is 18.2 Å². The minimum Gasteiger partial charge on any atom is -0.479 e. The van der Waals surface area contributed by atoms with Gasteiger partial charge in [0.2, 0.25) is 5.91 Å². The van der Waals surface area contributed by atoms with E-state index in [-0.39, 0.29) is 5.91 Å². The summed E-state index contributed by atoms with van der Waals surface area (Å²) < 4.78 is 7.00. The number of carbonyl (C=O) groups is 2. The average molecular weight is 329 g/mol. The summed E-state index contributed by atoms with van der Waals surface area (Å²) in [6.07, 6.45) is 1.74. The molecule has 126 valence electrons. The molecule has 0 unspecified atom stereocenters. The van der Waals surface area contributed by atoms with E-state index in [9.17, 15) is 9.59 Å². The van der Waals surface area contributed by atoms with Crippen LogP contribution in [0.1, 0.15) is 18.5 Å². The van der Waals surface area contributed by atoms with Gasteiger partial charge in [0.1, 0.15) is 6.10 Å². The number of nitrogens with one attached hydrogen (secondary N) is 1. The molecule has 1 aromatic carbocycles. The monoisotopic (exact) mass is 329 g/mol. The second kappa shape index (κ2) is 7.27. The van der Waals surface area contributed by atoms with Gasteiger partial charge in [0.25, 0.3) is 0 Å². The van der Waals surface area contributed by atoms with Crippen molar-refractivity contribution in [3.8, 4) is 5.69 Å². The number of hydrogen-bond donors (Lipinski definition) is 2. The number of carboxylic acids is 1. The molecule has 2 heterocycles. The Balaban J connectivity index is 1.46. The molecule has 2 aromatic rings. The van der Waals surface area contributed by atoms with Crippen LogP contribution < -0.4 is 5.32 Å². The molecule has 0 spiro atoms. The van der Waals surface area contributed by atoms with Crippen LogP contribution in [0.25, 0.3) is 5.69 Å². The highest BCUT2D eigenvalue weighted by Crippen LogP contribution is 2.19. The van der Waals surface area contributed by atoms with Crippen molar-refractivity contribution in [1.82, 2.24) is 15.1 Å². The zero-order valence-corrected chi connectivity index (χ0v) is 13.1. The third kappa shape index (κ3) is 3.80.